The average Bonchev–Trinajstić information content (AvgIpc) is 2.93. The van der Waals surface area contributed by atoms with E-state index in [1.807, 2.05) is 13.8 Å². The maximum Gasteiger partial charge on any atom is 0.326 e. The molecule has 2 fully saturated rings. The maximum atomic E-state index is 12.4. The third-order valence-electron chi connectivity index (χ3n) is 4.55. The number of carbonyl (C=O) groups is 2. The van der Waals surface area contributed by atoms with Crippen molar-refractivity contribution in [1.82, 2.24) is 10.2 Å². The number of nitrogens with one attached hydrogen (secondary N) is 1. The second-order valence-corrected chi connectivity index (χ2v) is 5.84. The number of aliphatic carboxylic acids is 1. The molecule has 0 bridgehead atoms. The number of likely N-dealkylation sites (tertiary alicyclic amines) is 1. The van der Waals surface area contributed by atoms with E-state index in [0.29, 0.717) is 19.0 Å². The smallest absolute Gasteiger partial charge is 0.326 e. The van der Waals surface area contributed by atoms with Gasteiger partial charge in [0, 0.05) is 19.0 Å². The number of nitrogens with zero attached hydrogens (tertiary/aromatic N) is 1. The molecule has 1 saturated carbocycles. The van der Waals surface area contributed by atoms with Gasteiger partial charge in [-0.15, -0.1) is 0 Å². The van der Waals surface area contributed by atoms with E-state index in [-0.39, 0.29) is 17.7 Å². The van der Waals surface area contributed by atoms with Gasteiger partial charge in [-0.1, -0.05) is 20.3 Å². The molecular formula is C14H24N2O3. The van der Waals surface area contributed by atoms with Crippen LogP contribution in [0.2, 0.25) is 0 Å². The van der Waals surface area contributed by atoms with E-state index in [1.54, 1.807) is 4.90 Å². The Morgan fingerprint density at radius 1 is 1.42 bits per heavy atom. The zero-order valence-electron chi connectivity index (χ0n) is 11.8. The van der Waals surface area contributed by atoms with Gasteiger partial charge in [0.2, 0.25) is 5.91 Å². The second-order valence-electron chi connectivity index (χ2n) is 5.84. The summed E-state index contributed by atoms with van der Waals surface area (Å²) in [5, 5.41) is 12.6. The van der Waals surface area contributed by atoms with Crippen molar-refractivity contribution in [3.63, 3.8) is 0 Å². The lowest BCUT2D eigenvalue weighted by Crippen LogP contribution is -2.47. The molecule has 0 spiro atoms. The number of hydrogen-bond donors (Lipinski definition) is 2. The molecule has 1 saturated heterocycles. The number of carbonyl (C=O) groups excluding carboxylic acids is 1. The molecule has 4 atom stereocenters. The van der Waals surface area contributed by atoms with Crippen LogP contribution < -0.4 is 5.32 Å². The van der Waals surface area contributed by atoms with Gasteiger partial charge < -0.3 is 15.3 Å². The standard InChI is InChI=1S/C14H24N2O3/c1-3-15-7-9(2)13(17)16-8-10-5-4-6-11(10)12(16)14(18)19/h9-12,15H,3-8H2,1-2H3,(H,18,19). The van der Waals surface area contributed by atoms with Crippen LogP contribution in [0.4, 0.5) is 0 Å². The molecule has 1 aliphatic carbocycles. The molecule has 2 aliphatic rings. The Bertz CT molecular complexity index is 359. The van der Waals surface area contributed by atoms with Crippen LogP contribution in [-0.4, -0.2) is 47.6 Å². The van der Waals surface area contributed by atoms with E-state index in [1.165, 1.54) is 0 Å². The molecule has 0 radical (unpaired) electrons. The maximum absolute atomic E-state index is 12.4. The highest BCUT2D eigenvalue weighted by molar-refractivity contribution is 5.86. The molecule has 1 heterocycles. The van der Waals surface area contributed by atoms with Crippen molar-refractivity contribution in [1.29, 1.82) is 0 Å². The van der Waals surface area contributed by atoms with Gasteiger partial charge >= 0.3 is 5.97 Å². The number of fused-ring (bicyclic) bond motifs is 1. The number of carboxylic acid groups (broad SMARTS) is 1. The first-order valence-electron chi connectivity index (χ1n) is 7.30. The van der Waals surface area contributed by atoms with Gasteiger partial charge in [0.05, 0.1) is 0 Å². The molecule has 5 nitrogen and oxygen atoms in total. The lowest BCUT2D eigenvalue weighted by Gasteiger charge is -2.27. The molecule has 0 aromatic carbocycles. The van der Waals surface area contributed by atoms with Crippen molar-refractivity contribution in [3.8, 4) is 0 Å². The van der Waals surface area contributed by atoms with Crippen molar-refractivity contribution in [2.45, 2.75) is 39.2 Å². The van der Waals surface area contributed by atoms with E-state index in [0.717, 1.165) is 25.8 Å². The highest BCUT2D eigenvalue weighted by Crippen LogP contribution is 2.42. The number of carboxylic acids is 1. The third-order valence-corrected chi connectivity index (χ3v) is 4.55. The summed E-state index contributed by atoms with van der Waals surface area (Å²) in [5.74, 6) is -0.425. The Morgan fingerprint density at radius 2 is 2.16 bits per heavy atom. The summed E-state index contributed by atoms with van der Waals surface area (Å²) in [5.41, 5.74) is 0. The molecule has 1 amide bonds. The van der Waals surface area contributed by atoms with Crippen molar-refractivity contribution >= 4 is 11.9 Å². The van der Waals surface area contributed by atoms with E-state index >= 15 is 0 Å². The summed E-state index contributed by atoms with van der Waals surface area (Å²) in [7, 11) is 0. The molecule has 2 rings (SSSR count). The van der Waals surface area contributed by atoms with E-state index in [2.05, 4.69) is 5.32 Å². The van der Waals surface area contributed by atoms with Gasteiger partial charge in [-0.25, -0.2) is 4.79 Å². The number of hydrogen-bond acceptors (Lipinski definition) is 3. The lowest BCUT2D eigenvalue weighted by molar-refractivity contribution is -0.151. The van der Waals surface area contributed by atoms with Gasteiger partial charge in [-0.05, 0) is 31.2 Å². The van der Waals surface area contributed by atoms with Crippen molar-refractivity contribution in [3.05, 3.63) is 0 Å². The van der Waals surface area contributed by atoms with Gasteiger partial charge in [0.15, 0.2) is 0 Å². The van der Waals surface area contributed by atoms with Crippen LogP contribution >= 0.6 is 0 Å². The summed E-state index contributed by atoms with van der Waals surface area (Å²) in [6.07, 6.45) is 3.13. The van der Waals surface area contributed by atoms with Gasteiger partial charge in [-0.2, -0.15) is 0 Å². The SMILES string of the molecule is CCNCC(C)C(=O)N1CC2CCCC2C1C(=O)O. The normalized spacial score (nSPS) is 31.3. The minimum Gasteiger partial charge on any atom is -0.480 e. The van der Waals surface area contributed by atoms with Crippen molar-refractivity contribution in [2.24, 2.45) is 17.8 Å². The quantitative estimate of drug-likeness (QED) is 0.778. The largest absolute Gasteiger partial charge is 0.480 e. The van der Waals surface area contributed by atoms with Gasteiger partial charge in [0.1, 0.15) is 6.04 Å². The fraction of sp³-hybridized carbons (Fsp3) is 0.857. The molecule has 0 aromatic heterocycles. The Hall–Kier alpha value is -1.10. The van der Waals surface area contributed by atoms with Crippen molar-refractivity contribution in [2.75, 3.05) is 19.6 Å². The monoisotopic (exact) mass is 268 g/mol. The van der Waals surface area contributed by atoms with E-state index < -0.39 is 12.0 Å². The zero-order chi connectivity index (χ0) is 14.0. The predicted octanol–water partition coefficient (Wildman–Crippen LogP) is 0.944. The first kappa shape index (κ1) is 14.3. The van der Waals surface area contributed by atoms with Crippen molar-refractivity contribution < 1.29 is 14.7 Å². The molecule has 4 unspecified atom stereocenters. The molecule has 2 N–H and O–H groups in total. The highest BCUT2D eigenvalue weighted by Gasteiger charge is 2.49. The summed E-state index contributed by atoms with van der Waals surface area (Å²) in [4.78, 5) is 25.5. The molecular weight excluding hydrogens is 244 g/mol. The Morgan fingerprint density at radius 3 is 2.79 bits per heavy atom. The first-order valence-corrected chi connectivity index (χ1v) is 7.30. The third kappa shape index (κ3) is 2.76. The summed E-state index contributed by atoms with van der Waals surface area (Å²) < 4.78 is 0. The van der Waals surface area contributed by atoms with Gasteiger partial charge in [-0.3, -0.25) is 4.79 Å². The van der Waals surface area contributed by atoms with Crippen LogP contribution in [0.25, 0.3) is 0 Å². The molecule has 108 valence electrons. The van der Waals surface area contributed by atoms with Gasteiger partial charge in [0.25, 0.3) is 0 Å². The average molecular weight is 268 g/mol. The summed E-state index contributed by atoms with van der Waals surface area (Å²) in [6, 6.07) is -0.593. The van der Waals surface area contributed by atoms with Crippen LogP contribution in [0, 0.1) is 17.8 Å². The fourth-order valence-electron chi connectivity index (χ4n) is 3.58. The zero-order valence-corrected chi connectivity index (χ0v) is 11.8. The van der Waals surface area contributed by atoms with Crippen LogP contribution in [-0.2, 0) is 9.59 Å². The van der Waals surface area contributed by atoms with E-state index in [9.17, 15) is 14.7 Å². The number of rotatable bonds is 5. The number of amides is 1. The lowest BCUT2D eigenvalue weighted by atomic mass is 9.94. The van der Waals surface area contributed by atoms with E-state index in [4.69, 9.17) is 0 Å². The molecule has 5 heteroatoms. The highest BCUT2D eigenvalue weighted by atomic mass is 16.4. The Balaban J connectivity index is 2.06. The summed E-state index contributed by atoms with van der Waals surface area (Å²) >= 11 is 0. The van der Waals surface area contributed by atoms with Crippen LogP contribution in [0.5, 0.6) is 0 Å². The minimum absolute atomic E-state index is 0.0113. The first-order chi connectivity index (χ1) is 9.06. The second kappa shape index (κ2) is 5.90. The van der Waals surface area contributed by atoms with Crippen LogP contribution in [0.15, 0.2) is 0 Å². The summed E-state index contributed by atoms with van der Waals surface area (Å²) in [6.45, 7) is 5.95. The molecule has 1 aliphatic heterocycles. The molecule has 0 aromatic rings. The van der Waals surface area contributed by atoms with Crippen LogP contribution in [0.3, 0.4) is 0 Å². The predicted molar refractivity (Wildman–Crippen MR) is 71.7 cm³/mol. The minimum atomic E-state index is -0.835. The fourth-order valence-corrected chi connectivity index (χ4v) is 3.58. The molecule has 19 heavy (non-hydrogen) atoms. The Kier molecular flexibility index (Phi) is 4.45. The van der Waals surface area contributed by atoms with Crippen LogP contribution in [0.1, 0.15) is 33.1 Å². The topological polar surface area (TPSA) is 69.6 Å². The Labute approximate surface area is 114 Å².